The highest BCUT2D eigenvalue weighted by molar-refractivity contribution is 9.10. The molecule has 6 heteroatoms. The fraction of sp³-hybridized carbons (Fsp3) is 0.263. The van der Waals surface area contributed by atoms with Crippen LogP contribution in [0, 0.1) is 0 Å². The molecular formula is C19H21BrN2O3. The van der Waals surface area contributed by atoms with E-state index >= 15 is 0 Å². The van der Waals surface area contributed by atoms with Gasteiger partial charge in [0.25, 0.3) is 5.91 Å². The fourth-order valence-electron chi connectivity index (χ4n) is 2.41. The van der Waals surface area contributed by atoms with Crippen LogP contribution in [0.15, 0.2) is 51.9 Å². The van der Waals surface area contributed by atoms with Gasteiger partial charge in [0, 0.05) is 23.6 Å². The van der Waals surface area contributed by atoms with Crippen LogP contribution in [0.5, 0.6) is 11.5 Å². The summed E-state index contributed by atoms with van der Waals surface area (Å²) in [7, 11) is 4.82. The van der Waals surface area contributed by atoms with Gasteiger partial charge in [-0.2, -0.15) is 0 Å². The summed E-state index contributed by atoms with van der Waals surface area (Å²) >= 11 is 3.38. The standard InChI is InChI=1S/C19H21BrN2O3/c1-21-18(14-5-7-15(20)8-6-14)19(23)22-11-10-13-4-9-16(24-2)17(12-13)25-3/h4-9,12H,10-11H2,1-3H3,(H,22,23). The molecule has 0 fully saturated rings. The molecule has 5 nitrogen and oxygen atoms in total. The Morgan fingerprint density at radius 1 is 1.08 bits per heavy atom. The van der Waals surface area contributed by atoms with E-state index in [2.05, 4.69) is 26.2 Å². The minimum atomic E-state index is -0.190. The van der Waals surface area contributed by atoms with Crippen molar-refractivity contribution in [3.63, 3.8) is 0 Å². The molecule has 1 N–H and O–H groups in total. The fourth-order valence-corrected chi connectivity index (χ4v) is 2.67. The van der Waals surface area contributed by atoms with Crippen molar-refractivity contribution in [1.29, 1.82) is 0 Å². The minimum absolute atomic E-state index is 0.190. The molecule has 0 heterocycles. The second-order valence-electron chi connectivity index (χ2n) is 5.27. The summed E-state index contributed by atoms with van der Waals surface area (Å²) in [5.41, 5.74) is 2.26. The molecular weight excluding hydrogens is 384 g/mol. The van der Waals surface area contributed by atoms with E-state index in [1.165, 1.54) is 0 Å². The van der Waals surface area contributed by atoms with E-state index in [1.54, 1.807) is 21.3 Å². The van der Waals surface area contributed by atoms with Crippen molar-refractivity contribution in [2.75, 3.05) is 27.8 Å². The van der Waals surface area contributed by atoms with Gasteiger partial charge in [-0.15, -0.1) is 0 Å². The van der Waals surface area contributed by atoms with Gasteiger partial charge < -0.3 is 14.8 Å². The number of rotatable bonds is 7. The first kappa shape index (κ1) is 19.0. The highest BCUT2D eigenvalue weighted by Crippen LogP contribution is 2.27. The van der Waals surface area contributed by atoms with Crippen LogP contribution < -0.4 is 14.8 Å². The number of carbonyl (C=O) groups is 1. The molecule has 0 atom stereocenters. The lowest BCUT2D eigenvalue weighted by Gasteiger charge is -2.11. The number of amides is 1. The van der Waals surface area contributed by atoms with Gasteiger partial charge in [0.05, 0.1) is 14.2 Å². The van der Waals surface area contributed by atoms with Crippen molar-refractivity contribution >= 4 is 27.5 Å². The average Bonchev–Trinajstić information content (AvgIpc) is 2.63. The number of hydrogen-bond acceptors (Lipinski definition) is 4. The predicted molar refractivity (Wildman–Crippen MR) is 103 cm³/mol. The quantitative estimate of drug-likeness (QED) is 0.720. The Kier molecular flexibility index (Phi) is 7.01. The first-order chi connectivity index (χ1) is 12.1. The Labute approximate surface area is 156 Å². The van der Waals surface area contributed by atoms with Crippen LogP contribution in [-0.2, 0) is 11.2 Å². The maximum Gasteiger partial charge on any atom is 0.270 e. The molecule has 0 saturated heterocycles. The highest BCUT2D eigenvalue weighted by Gasteiger charge is 2.13. The zero-order valence-corrected chi connectivity index (χ0v) is 16.1. The van der Waals surface area contributed by atoms with E-state index in [-0.39, 0.29) is 5.91 Å². The van der Waals surface area contributed by atoms with Gasteiger partial charge in [-0.1, -0.05) is 34.1 Å². The van der Waals surface area contributed by atoms with Gasteiger partial charge in [-0.25, -0.2) is 0 Å². The molecule has 2 aromatic rings. The Bertz CT molecular complexity index is 758. The van der Waals surface area contributed by atoms with Crippen LogP contribution >= 0.6 is 15.9 Å². The molecule has 0 aliphatic heterocycles. The Hall–Kier alpha value is -2.34. The van der Waals surface area contributed by atoms with Crippen LogP contribution in [0.1, 0.15) is 11.1 Å². The number of carbonyl (C=O) groups excluding carboxylic acids is 1. The number of nitrogens with zero attached hydrogens (tertiary/aromatic N) is 1. The minimum Gasteiger partial charge on any atom is -0.493 e. The van der Waals surface area contributed by atoms with E-state index in [9.17, 15) is 4.79 Å². The Morgan fingerprint density at radius 3 is 2.36 bits per heavy atom. The smallest absolute Gasteiger partial charge is 0.270 e. The zero-order valence-electron chi connectivity index (χ0n) is 14.5. The molecule has 1 amide bonds. The van der Waals surface area contributed by atoms with Gasteiger partial charge >= 0.3 is 0 Å². The average molecular weight is 405 g/mol. The maximum atomic E-state index is 12.4. The summed E-state index contributed by atoms with van der Waals surface area (Å²) in [4.78, 5) is 16.5. The Morgan fingerprint density at radius 2 is 1.76 bits per heavy atom. The van der Waals surface area contributed by atoms with Crippen molar-refractivity contribution in [2.45, 2.75) is 6.42 Å². The zero-order chi connectivity index (χ0) is 18.2. The monoisotopic (exact) mass is 404 g/mol. The lowest BCUT2D eigenvalue weighted by molar-refractivity contribution is -0.114. The topological polar surface area (TPSA) is 59.9 Å². The molecule has 0 saturated carbocycles. The van der Waals surface area contributed by atoms with Crippen LogP contribution in [0.25, 0.3) is 0 Å². The SMILES string of the molecule is CN=C(C(=O)NCCc1ccc(OC)c(OC)c1)c1ccc(Br)cc1. The number of hydrogen-bond donors (Lipinski definition) is 1. The van der Waals surface area contributed by atoms with Crippen molar-refractivity contribution in [1.82, 2.24) is 5.32 Å². The van der Waals surface area contributed by atoms with E-state index in [4.69, 9.17) is 9.47 Å². The number of ether oxygens (including phenoxy) is 2. The van der Waals surface area contributed by atoms with E-state index in [0.29, 0.717) is 30.2 Å². The van der Waals surface area contributed by atoms with Gasteiger partial charge in [-0.05, 0) is 36.2 Å². The molecule has 0 aliphatic rings. The number of benzene rings is 2. The van der Waals surface area contributed by atoms with Crippen molar-refractivity contribution < 1.29 is 14.3 Å². The van der Waals surface area contributed by atoms with E-state index < -0.39 is 0 Å². The molecule has 2 rings (SSSR count). The first-order valence-electron chi connectivity index (χ1n) is 7.81. The molecule has 0 aliphatic carbocycles. The van der Waals surface area contributed by atoms with Crippen LogP contribution in [0.4, 0.5) is 0 Å². The van der Waals surface area contributed by atoms with E-state index in [0.717, 1.165) is 15.6 Å². The van der Waals surface area contributed by atoms with Gasteiger partial charge in [0.2, 0.25) is 0 Å². The van der Waals surface area contributed by atoms with Crippen LogP contribution in [0.2, 0.25) is 0 Å². The highest BCUT2D eigenvalue weighted by atomic mass is 79.9. The summed E-state index contributed by atoms with van der Waals surface area (Å²) < 4.78 is 11.5. The summed E-state index contributed by atoms with van der Waals surface area (Å²) in [6, 6.07) is 13.2. The third-order valence-electron chi connectivity index (χ3n) is 3.70. The summed E-state index contributed by atoms with van der Waals surface area (Å²) in [6.45, 7) is 0.504. The molecule has 2 aromatic carbocycles. The second-order valence-corrected chi connectivity index (χ2v) is 6.19. The molecule has 132 valence electrons. The van der Waals surface area contributed by atoms with Gasteiger partial charge in [0.15, 0.2) is 11.5 Å². The number of methoxy groups -OCH3 is 2. The number of aliphatic imine (C=N–C) groups is 1. The molecule has 0 unspecified atom stereocenters. The first-order valence-corrected chi connectivity index (χ1v) is 8.60. The van der Waals surface area contributed by atoms with Crippen LogP contribution in [-0.4, -0.2) is 39.4 Å². The summed E-state index contributed by atoms with van der Waals surface area (Å²) in [5, 5.41) is 2.91. The van der Waals surface area contributed by atoms with Crippen molar-refractivity contribution in [3.05, 3.63) is 58.1 Å². The lowest BCUT2D eigenvalue weighted by Crippen LogP contribution is -2.33. The molecule has 0 bridgehead atoms. The second kappa shape index (κ2) is 9.22. The van der Waals surface area contributed by atoms with Gasteiger partial charge in [-0.3, -0.25) is 9.79 Å². The molecule has 0 spiro atoms. The molecule has 25 heavy (non-hydrogen) atoms. The largest absolute Gasteiger partial charge is 0.493 e. The summed E-state index contributed by atoms with van der Waals surface area (Å²) in [6.07, 6.45) is 0.684. The molecule has 0 aromatic heterocycles. The lowest BCUT2D eigenvalue weighted by atomic mass is 10.1. The van der Waals surface area contributed by atoms with E-state index in [1.807, 2.05) is 42.5 Å². The normalized spacial score (nSPS) is 11.1. The molecule has 0 radical (unpaired) electrons. The Balaban J connectivity index is 1.96. The van der Waals surface area contributed by atoms with Gasteiger partial charge in [0.1, 0.15) is 5.71 Å². The maximum absolute atomic E-state index is 12.4. The van der Waals surface area contributed by atoms with Crippen LogP contribution in [0.3, 0.4) is 0 Å². The third-order valence-corrected chi connectivity index (χ3v) is 4.23. The third kappa shape index (κ3) is 5.06. The number of halogens is 1. The van der Waals surface area contributed by atoms with Crippen molar-refractivity contribution in [3.8, 4) is 11.5 Å². The predicted octanol–water partition coefficient (Wildman–Crippen LogP) is 3.24. The number of nitrogens with one attached hydrogen (secondary N) is 1. The van der Waals surface area contributed by atoms with Crippen molar-refractivity contribution in [2.24, 2.45) is 4.99 Å². The summed E-state index contributed by atoms with van der Waals surface area (Å²) in [5.74, 6) is 1.17.